The monoisotopic (exact) mass is 599 g/mol. The van der Waals surface area contributed by atoms with E-state index in [1.807, 2.05) is 68.4 Å². The lowest BCUT2D eigenvalue weighted by molar-refractivity contribution is 0.306. The maximum absolute atomic E-state index is 13.8. The van der Waals surface area contributed by atoms with Crippen molar-refractivity contribution < 1.29 is 9.47 Å². The first-order chi connectivity index (χ1) is 20.3. The summed E-state index contributed by atoms with van der Waals surface area (Å²) in [6.07, 6.45) is 1.62. The molecule has 0 fully saturated rings. The number of rotatable bonds is 9. The van der Waals surface area contributed by atoms with Crippen LogP contribution in [-0.4, -0.2) is 22.5 Å². The van der Waals surface area contributed by atoms with Gasteiger partial charge in [0.05, 0.1) is 33.8 Å². The number of halogens is 2. The highest BCUT2D eigenvalue weighted by atomic mass is 35.5. The molecule has 0 aliphatic heterocycles. The molecule has 214 valence electrons. The van der Waals surface area contributed by atoms with Gasteiger partial charge in [0.2, 0.25) is 0 Å². The van der Waals surface area contributed by atoms with Gasteiger partial charge in [0.1, 0.15) is 18.1 Å². The van der Waals surface area contributed by atoms with Gasteiger partial charge in [-0.05, 0) is 85.0 Å². The number of ether oxygens (including phenoxy) is 2. The van der Waals surface area contributed by atoms with E-state index in [1.165, 1.54) is 4.68 Å². The highest BCUT2D eigenvalue weighted by Gasteiger charge is 2.18. The van der Waals surface area contributed by atoms with E-state index in [4.69, 9.17) is 37.7 Å². The van der Waals surface area contributed by atoms with Gasteiger partial charge in [-0.2, -0.15) is 9.78 Å². The van der Waals surface area contributed by atoms with Crippen molar-refractivity contribution in [1.82, 2.24) is 9.66 Å². The number of benzene rings is 4. The molecule has 5 aromatic rings. The van der Waals surface area contributed by atoms with Crippen molar-refractivity contribution in [2.45, 2.75) is 40.2 Å². The largest absolute Gasteiger partial charge is 0.494 e. The minimum Gasteiger partial charge on any atom is -0.494 e. The normalized spacial score (nSPS) is 11.5. The van der Waals surface area contributed by atoms with Crippen LogP contribution >= 0.6 is 23.2 Å². The molecule has 0 amide bonds. The first-order valence-corrected chi connectivity index (χ1v) is 14.5. The number of fused-ring (bicyclic) bond motifs is 1. The third-order valence-corrected chi connectivity index (χ3v) is 7.62. The minimum atomic E-state index is -0.263. The van der Waals surface area contributed by atoms with Crippen LogP contribution in [0.4, 0.5) is 0 Å². The summed E-state index contributed by atoms with van der Waals surface area (Å²) in [5.74, 6) is 2.09. The quantitative estimate of drug-likeness (QED) is 0.159. The van der Waals surface area contributed by atoms with Gasteiger partial charge in [-0.3, -0.25) is 4.79 Å². The summed E-state index contributed by atoms with van der Waals surface area (Å²) in [5.41, 5.74) is 4.70. The molecule has 0 bridgehead atoms. The van der Waals surface area contributed by atoms with Crippen molar-refractivity contribution in [3.05, 3.63) is 122 Å². The van der Waals surface area contributed by atoms with Crippen LogP contribution in [-0.2, 0) is 6.61 Å². The van der Waals surface area contributed by atoms with Crippen LogP contribution in [0.3, 0.4) is 0 Å². The highest BCUT2D eigenvalue weighted by Crippen LogP contribution is 2.34. The number of hydrogen-bond acceptors (Lipinski definition) is 5. The lowest BCUT2D eigenvalue weighted by atomic mass is 9.96. The topological polar surface area (TPSA) is 65.7 Å². The predicted molar refractivity (Wildman–Crippen MR) is 172 cm³/mol. The Bertz CT molecular complexity index is 1850. The predicted octanol–water partition coefficient (Wildman–Crippen LogP) is 8.66. The molecule has 42 heavy (non-hydrogen) atoms. The van der Waals surface area contributed by atoms with Crippen LogP contribution in [0.2, 0.25) is 10.0 Å². The van der Waals surface area contributed by atoms with E-state index in [0.29, 0.717) is 44.7 Å². The minimum absolute atomic E-state index is 0.203. The molecule has 0 saturated carbocycles. The third kappa shape index (κ3) is 6.20. The first kappa shape index (κ1) is 29.4. The SMILES string of the molecule is CCOc1cc(C)c(-c2nc3ccccc3c(=O)n2N=Cc2ccccc2OCc2ccc(Cl)c(Cl)c2)cc1C(C)C. The summed E-state index contributed by atoms with van der Waals surface area (Å²) >= 11 is 12.2. The van der Waals surface area contributed by atoms with Gasteiger partial charge in [0.25, 0.3) is 5.56 Å². The summed E-state index contributed by atoms with van der Waals surface area (Å²) in [5, 5.41) is 6.12. The average Bonchev–Trinajstić information content (AvgIpc) is 2.98. The Morgan fingerprint density at radius 3 is 2.45 bits per heavy atom. The lowest BCUT2D eigenvalue weighted by Gasteiger charge is -2.18. The molecular formula is C34H31Cl2N3O3. The smallest absolute Gasteiger partial charge is 0.282 e. The van der Waals surface area contributed by atoms with Gasteiger partial charge in [0, 0.05) is 11.1 Å². The van der Waals surface area contributed by atoms with Crippen LogP contribution in [0.1, 0.15) is 48.9 Å². The van der Waals surface area contributed by atoms with Crippen molar-refractivity contribution in [1.29, 1.82) is 0 Å². The molecule has 0 aliphatic rings. The highest BCUT2D eigenvalue weighted by molar-refractivity contribution is 6.42. The zero-order valence-corrected chi connectivity index (χ0v) is 25.4. The standard InChI is InChI=1S/C34H31Cl2N3O3/c1-5-41-32-16-22(4)27(18-26(32)21(2)3)33-38-30-12-8-7-11-25(30)34(40)39(33)37-19-24-10-6-9-13-31(24)42-20-23-14-15-28(35)29(36)17-23/h6-19,21H,5,20H2,1-4H3. The molecule has 0 saturated heterocycles. The molecule has 0 N–H and O–H groups in total. The molecule has 8 heteroatoms. The molecule has 0 aliphatic carbocycles. The van der Waals surface area contributed by atoms with Crippen LogP contribution in [0.25, 0.3) is 22.3 Å². The van der Waals surface area contributed by atoms with Crippen molar-refractivity contribution in [3.63, 3.8) is 0 Å². The van der Waals surface area contributed by atoms with E-state index >= 15 is 0 Å². The van der Waals surface area contributed by atoms with E-state index in [-0.39, 0.29) is 18.1 Å². The van der Waals surface area contributed by atoms with Crippen molar-refractivity contribution in [2.24, 2.45) is 5.10 Å². The second kappa shape index (κ2) is 12.8. The van der Waals surface area contributed by atoms with Gasteiger partial charge >= 0.3 is 0 Å². The molecule has 1 heterocycles. The number of aromatic nitrogens is 2. The van der Waals surface area contributed by atoms with Crippen LogP contribution in [0.5, 0.6) is 11.5 Å². The molecule has 0 atom stereocenters. The van der Waals surface area contributed by atoms with Crippen molar-refractivity contribution in [3.8, 4) is 22.9 Å². The molecule has 5 rings (SSSR count). The summed E-state index contributed by atoms with van der Waals surface area (Å²) < 4.78 is 13.4. The van der Waals surface area contributed by atoms with Crippen molar-refractivity contribution in [2.75, 3.05) is 6.61 Å². The van der Waals surface area contributed by atoms with Crippen LogP contribution in [0.15, 0.2) is 88.8 Å². The molecule has 0 unspecified atom stereocenters. The van der Waals surface area contributed by atoms with E-state index in [1.54, 1.807) is 24.4 Å². The fourth-order valence-electron chi connectivity index (χ4n) is 4.71. The Labute approximate surface area is 255 Å². The van der Waals surface area contributed by atoms with Gasteiger partial charge in [-0.15, -0.1) is 0 Å². The van der Waals surface area contributed by atoms with Gasteiger partial charge in [0.15, 0.2) is 5.82 Å². The second-order valence-electron chi connectivity index (χ2n) is 10.2. The first-order valence-electron chi connectivity index (χ1n) is 13.8. The number of aryl methyl sites for hydroxylation is 1. The molecule has 6 nitrogen and oxygen atoms in total. The fraction of sp³-hybridized carbons (Fsp3) is 0.206. The summed E-state index contributed by atoms with van der Waals surface area (Å²) in [6, 6.07) is 24.3. The van der Waals surface area contributed by atoms with Crippen LogP contribution < -0.4 is 15.0 Å². The maximum atomic E-state index is 13.8. The zero-order valence-electron chi connectivity index (χ0n) is 23.9. The number of hydrogen-bond donors (Lipinski definition) is 0. The third-order valence-electron chi connectivity index (χ3n) is 6.88. The Balaban J connectivity index is 1.60. The Hall–Kier alpha value is -4.13. The summed E-state index contributed by atoms with van der Waals surface area (Å²) in [4.78, 5) is 18.8. The Kier molecular flexibility index (Phi) is 8.95. The van der Waals surface area contributed by atoms with E-state index < -0.39 is 0 Å². The van der Waals surface area contributed by atoms with Crippen LogP contribution in [0, 0.1) is 6.92 Å². The number of nitrogens with zero attached hydrogens (tertiary/aromatic N) is 3. The molecular weight excluding hydrogens is 569 g/mol. The molecule has 0 spiro atoms. The lowest BCUT2D eigenvalue weighted by Crippen LogP contribution is -2.21. The maximum Gasteiger partial charge on any atom is 0.282 e. The van der Waals surface area contributed by atoms with E-state index in [2.05, 4.69) is 25.0 Å². The summed E-state index contributed by atoms with van der Waals surface area (Å²) in [7, 11) is 0. The van der Waals surface area contributed by atoms with Gasteiger partial charge in [-0.1, -0.05) is 67.4 Å². The Morgan fingerprint density at radius 2 is 1.69 bits per heavy atom. The average molecular weight is 601 g/mol. The van der Waals surface area contributed by atoms with E-state index in [9.17, 15) is 4.79 Å². The molecule has 0 radical (unpaired) electrons. The van der Waals surface area contributed by atoms with Crippen molar-refractivity contribution >= 4 is 40.3 Å². The molecule has 4 aromatic carbocycles. The molecule has 1 aromatic heterocycles. The van der Waals surface area contributed by atoms with Gasteiger partial charge < -0.3 is 9.47 Å². The van der Waals surface area contributed by atoms with Gasteiger partial charge in [-0.25, -0.2) is 4.98 Å². The zero-order chi connectivity index (χ0) is 29.8. The summed E-state index contributed by atoms with van der Waals surface area (Å²) in [6.45, 7) is 9.04. The number of para-hydroxylation sites is 2. The Morgan fingerprint density at radius 1 is 0.929 bits per heavy atom. The second-order valence-corrected chi connectivity index (χ2v) is 11.0. The van der Waals surface area contributed by atoms with E-state index in [0.717, 1.165) is 28.0 Å². The fourth-order valence-corrected chi connectivity index (χ4v) is 5.03.